The standard InChI is InChI=1S/4C15H10N.2ClH.2Ir/c4*1-2-7-13(8-3-1)15-14-9-5-4-6-12(14)10-11-16-15;;;;/h4*1-7,9-11H;2*1H;;/q4*-1;;;2*+3/p-2. The minimum absolute atomic E-state index is 0.999. The number of halogens is 2. The van der Waals surface area contributed by atoms with E-state index in [1.165, 1.54) is 78.9 Å². The van der Waals surface area contributed by atoms with Gasteiger partial charge in [-0.1, -0.05) is 97.1 Å². The number of aromatic nitrogens is 4. The largest absolute Gasteiger partial charge is 0.304 e. The number of nitrogens with zero attached hydrogens (tertiary/aromatic N) is 4. The van der Waals surface area contributed by atoms with E-state index in [2.05, 4.69) is 112 Å². The van der Waals surface area contributed by atoms with Crippen LogP contribution in [0.1, 0.15) is 0 Å². The first-order chi connectivity index (χ1) is 33.8. The van der Waals surface area contributed by atoms with Gasteiger partial charge in [-0.2, -0.15) is 0 Å². The average molecular weight is 1270 g/mol. The molecule has 0 radical (unpaired) electrons. The molecule has 4 aromatic heterocycles. The second kappa shape index (κ2) is 26.6. The van der Waals surface area contributed by atoms with Crippen molar-refractivity contribution in [1.29, 1.82) is 0 Å². The summed E-state index contributed by atoms with van der Waals surface area (Å²) in [4.78, 5) is 17.8. The van der Waals surface area contributed by atoms with E-state index in [0.29, 0.717) is 0 Å². The van der Waals surface area contributed by atoms with Crippen molar-refractivity contribution >= 4 is 62.3 Å². The van der Waals surface area contributed by atoms with Crippen LogP contribution >= 0.6 is 19.2 Å². The third-order valence-corrected chi connectivity index (χ3v) is 10.6. The molecule has 68 heavy (non-hydrogen) atoms. The first-order valence-corrected chi connectivity index (χ1v) is 27.2. The third kappa shape index (κ3) is 12.8. The van der Waals surface area contributed by atoms with Crippen molar-refractivity contribution in [3.8, 4) is 45.0 Å². The zero-order chi connectivity index (χ0) is 47.2. The first-order valence-electron chi connectivity index (χ1n) is 21.3. The SMILES string of the molecule is [Cl][Ir+2].[Cl][Ir+2].[c-]1ccccc1-c1nccc2ccccc12.[c-]1ccccc1-c1nccc2ccccc12.[c-]1ccccc1-c1nccc2ccccc12.[c-]1ccccc1-c1nccc2ccccc12. The van der Waals surface area contributed by atoms with Gasteiger partial charge in [0.2, 0.25) is 0 Å². The molecule has 8 heteroatoms. The van der Waals surface area contributed by atoms with Crippen molar-refractivity contribution in [2.24, 2.45) is 0 Å². The van der Waals surface area contributed by atoms with E-state index in [1.54, 1.807) is 0 Å². The fourth-order valence-corrected chi connectivity index (χ4v) is 7.50. The quantitative estimate of drug-likeness (QED) is 0.165. The molecule has 0 aliphatic rings. The summed E-state index contributed by atoms with van der Waals surface area (Å²) in [6.07, 6.45) is 7.38. The molecule has 0 atom stereocenters. The predicted molar refractivity (Wildman–Crippen MR) is 276 cm³/mol. The fraction of sp³-hybridized carbons (Fsp3) is 0. The van der Waals surface area contributed by atoms with Crippen LogP contribution in [0.25, 0.3) is 88.1 Å². The summed E-state index contributed by atoms with van der Waals surface area (Å²) in [5, 5.41) is 9.55. The van der Waals surface area contributed by atoms with E-state index < -0.39 is 0 Å². The molecule has 0 spiro atoms. The minimum atomic E-state index is 0.999. The number of hydrogen-bond acceptors (Lipinski definition) is 4. The summed E-state index contributed by atoms with van der Waals surface area (Å²) >= 11 is 2.94. The molecule has 0 bridgehead atoms. The molecule has 0 amide bonds. The minimum Gasteiger partial charge on any atom is -0.304 e. The second-order valence-corrected chi connectivity index (χ2v) is 14.6. The maximum atomic E-state index is 4.64. The van der Waals surface area contributed by atoms with Gasteiger partial charge < -0.3 is 19.9 Å². The van der Waals surface area contributed by atoms with Gasteiger partial charge in [0.05, 0.1) is 0 Å². The Morgan fingerprint density at radius 3 is 0.662 bits per heavy atom. The average Bonchev–Trinajstić information content (AvgIpc) is 3.45. The van der Waals surface area contributed by atoms with Crippen LogP contribution in [0.3, 0.4) is 0 Å². The first kappa shape index (κ1) is 49.2. The molecular formula is C60H40Cl2Ir2N4. The summed E-state index contributed by atoms with van der Waals surface area (Å²) in [6.45, 7) is 0. The molecule has 332 valence electrons. The molecule has 4 nitrogen and oxygen atoms in total. The molecule has 0 saturated heterocycles. The zero-order valence-electron chi connectivity index (χ0n) is 36.3. The van der Waals surface area contributed by atoms with Gasteiger partial charge >= 0.3 is 54.9 Å². The van der Waals surface area contributed by atoms with Crippen LogP contribution in [0.4, 0.5) is 0 Å². The van der Waals surface area contributed by atoms with E-state index >= 15 is 0 Å². The van der Waals surface area contributed by atoms with Crippen LogP contribution in [0.5, 0.6) is 0 Å². The number of benzene rings is 8. The normalized spacial score (nSPS) is 10.1. The van der Waals surface area contributed by atoms with Crippen molar-refractivity contribution < 1.29 is 35.8 Å². The van der Waals surface area contributed by atoms with E-state index in [0.717, 1.165) is 45.0 Å². The van der Waals surface area contributed by atoms with Gasteiger partial charge in [0.25, 0.3) is 0 Å². The molecule has 12 aromatic rings. The summed E-state index contributed by atoms with van der Waals surface area (Å²) in [5.74, 6) is 0. The van der Waals surface area contributed by atoms with Crippen molar-refractivity contribution in [1.82, 2.24) is 19.9 Å². The Morgan fingerprint density at radius 2 is 0.456 bits per heavy atom. The molecule has 8 aromatic carbocycles. The molecule has 0 fully saturated rings. The van der Waals surface area contributed by atoms with Crippen LogP contribution < -0.4 is 0 Å². The van der Waals surface area contributed by atoms with Crippen LogP contribution in [0.2, 0.25) is 0 Å². The van der Waals surface area contributed by atoms with E-state index in [-0.39, 0.29) is 0 Å². The van der Waals surface area contributed by atoms with Gasteiger partial charge in [-0.3, -0.25) is 0 Å². The summed E-state index contributed by atoms with van der Waals surface area (Å²) in [6, 6.07) is 85.8. The Labute approximate surface area is 427 Å². The Balaban J connectivity index is 0.000000131. The molecule has 0 aliphatic heterocycles. The molecule has 0 N–H and O–H groups in total. The van der Waals surface area contributed by atoms with Gasteiger partial charge in [0.1, 0.15) is 0 Å². The summed E-state index contributed by atoms with van der Waals surface area (Å²) < 4.78 is 0. The van der Waals surface area contributed by atoms with Gasteiger partial charge in [-0.05, 0) is 90.1 Å². The Bertz CT molecular complexity index is 2920. The van der Waals surface area contributed by atoms with Crippen LogP contribution in [-0.2, 0) is 35.8 Å². The Kier molecular flexibility index (Phi) is 19.2. The predicted octanol–water partition coefficient (Wildman–Crippen LogP) is 16.2. The van der Waals surface area contributed by atoms with E-state index in [1.807, 2.05) is 195 Å². The molecule has 12 rings (SSSR count). The Hall–Kier alpha value is -6.72. The third-order valence-electron chi connectivity index (χ3n) is 10.6. The van der Waals surface area contributed by atoms with Crippen LogP contribution in [0, 0.1) is 24.3 Å². The number of pyridine rings is 4. The molecule has 4 heterocycles. The van der Waals surface area contributed by atoms with Crippen molar-refractivity contribution in [3.63, 3.8) is 0 Å². The smallest absolute Gasteiger partial charge is 0.0167 e. The number of fused-ring (bicyclic) bond motifs is 4. The topological polar surface area (TPSA) is 51.6 Å². The van der Waals surface area contributed by atoms with Crippen molar-refractivity contribution in [2.75, 3.05) is 0 Å². The molecule has 0 aliphatic carbocycles. The van der Waals surface area contributed by atoms with Gasteiger partial charge in [0, 0.05) is 24.8 Å². The molecular weight excluding hydrogens is 1230 g/mol. The van der Waals surface area contributed by atoms with Crippen LogP contribution in [0.15, 0.2) is 243 Å². The fourth-order valence-electron chi connectivity index (χ4n) is 7.50. The number of rotatable bonds is 4. The van der Waals surface area contributed by atoms with Gasteiger partial charge in [-0.15, -0.1) is 144 Å². The number of hydrogen-bond donors (Lipinski definition) is 0. The van der Waals surface area contributed by atoms with E-state index in [4.69, 9.17) is 0 Å². The summed E-state index contributed by atoms with van der Waals surface area (Å²) in [7, 11) is 9.28. The van der Waals surface area contributed by atoms with Crippen molar-refractivity contribution in [2.45, 2.75) is 0 Å². The zero-order valence-corrected chi connectivity index (χ0v) is 42.6. The monoisotopic (exact) mass is 1270 g/mol. The molecule has 0 saturated carbocycles. The van der Waals surface area contributed by atoms with Gasteiger partial charge in [-0.25, -0.2) is 0 Å². The van der Waals surface area contributed by atoms with E-state index in [9.17, 15) is 0 Å². The maximum absolute atomic E-state index is 4.64. The van der Waals surface area contributed by atoms with Gasteiger partial charge in [0.15, 0.2) is 0 Å². The maximum Gasteiger partial charge on any atom is 0.0167 e. The Morgan fingerprint density at radius 1 is 0.250 bits per heavy atom. The van der Waals surface area contributed by atoms with Crippen molar-refractivity contribution in [3.05, 3.63) is 267 Å². The summed E-state index contributed by atoms with van der Waals surface area (Å²) in [5.41, 5.74) is 8.16. The van der Waals surface area contributed by atoms with Crippen LogP contribution in [-0.4, -0.2) is 19.9 Å². The molecule has 0 unspecified atom stereocenters. The second-order valence-electron chi connectivity index (χ2n) is 14.6.